The summed E-state index contributed by atoms with van der Waals surface area (Å²) in [6.07, 6.45) is 0.664. The second-order valence-corrected chi connectivity index (χ2v) is 4.33. The van der Waals surface area contributed by atoms with Crippen LogP contribution in [-0.2, 0) is 4.79 Å². The molecule has 3 N–H and O–H groups in total. The van der Waals surface area contributed by atoms with Crippen molar-refractivity contribution in [1.29, 1.82) is 5.41 Å². The fourth-order valence-electron chi connectivity index (χ4n) is 1.87. The molecule has 0 saturated carbocycles. The molecule has 0 saturated heterocycles. The molecule has 0 aromatic rings. The summed E-state index contributed by atoms with van der Waals surface area (Å²) >= 11 is 0. The predicted molar refractivity (Wildman–Crippen MR) is 57.6 cm³/mol. The minimum absolute atomic E-state index is 0.0216. The first kappa shape index (κ1) is 12.8. The van der Waals surface area contributed by atoms with E-state index in [4.69, 9.17) is 11.1 Å². The molecule has 0 amide bonds. The van der Waals surface area contributed by atoms with E-state index in [-0.39, 0.29) is 12.1 Å². The van der Waals surface area contributed by atoms with Crippen LogP contribution in [0.5, 0.6) is 0 Å². The van der Waals surface area contributed by atoms with Gasteiger partial charge < -0.3 is 5.73 Å². The number of nitrogens with one attached hydrogen (secondary N) is 1. The monoisotopic (exact) mass is 230 g/mol. The Morgan fingerprint density at radius 2 is 2.12 bits per heavy atom. The summed E-state index contributed by atoms with van der Waals surface area (Å²) in [4.78, 5) is 11.0. The van der Waals surface area contributed by atoms with Gasteiger partial charge in [0.1, 0.15) is 5.71 Å². The van der Waals surface area contributed by atoms with Crippen LogP contribution in [0.1, 0.15) is 33.1 Å². The molecule has 1 aliphatic rings. The van der Waals surface area contributed by atoms with Gasteiger partial charge in [0.05, 0.1) is 0 Å². The molecule has 1 atom stereocenters. The fourth-order valence-corrected chi connectivity index (χ4v) is 1.87. The van der Waals surface area contributed by atoms with Crippen LogP contribution in [0, 0.1) is 11.3 Å². The number of rotatable bonds is 3. The van der Waals surface area contributed by atoms with Crippen molar-refractivity contribution in [2.45, 2.75) is 39.0 Å². The standard InChI is InChI=1S/C11H16F2N2O/c1-6(16)10(15)8-5-7(11(2,12)13)3-4-9(8)14/h7,15H,3-5,14H2,1-2H3/t7-/m1/s1. The van der Waals surface area contributed by atoms with Crippen molar-refractivity contribution in [2.75, 3.05) is 0 Å². The quantitative estimate of drug-likeness (QED) is 0.730. The highest BCUT2D eigenvalue weighted by molar-refractivity contribution is 6.44. The lowest BCUT2D eigenvalue weighted by atomic mass is 9.81. The van der Waals surface area contributed by atoms with Gasteiger partial charge in [0.25, 0.3) is 0 Å². The maximum absolute atomic E-state index is 13.2. The van der Waals surface area contributed by atoms with E-state index in [9.17, 15) is 13.6 Å². The first-order chi connectivity index (χ1) is 7.23. The molecular formula is C11H16F2N2O. The molecule has 0 aromatic carbocycles. The van der Waals surface area contributed by atoms with E-state index in [1.54, 1.807) is 0 Å². The fraction of sp³-hybridized carbons (Fsp3) is 0.636. The molecule has 1 rings (SSSR count). The van der Waals surface area contributed by atoms with Crippen molar-refractivity contribution >= 4 is 11.5 Å². The Morgan fingerprint density at radius 3 is 2.56 bits per heavy atom. The van der Waals surface area contributed by atoms with Gasteiger partial charge in [0, 0.05) is 18.5 Å². The highest BCUT2D eigenvalue weighted by atomic mass is 19.3. The Kier molecular flexibility index (Phi) is 3.45. The Morgan fingerprint density at radius 1 is 1.56 bits per heavy atom. The van der Waals surface area contributed by atoms with Crippen molar-refractivity contribution in [3.05, 3.63) is 11.3 Å². The van der Waals surface area contributed by atoms with Gasteiger partial charge in [0.15, 0.2) is 5.78 Å². The minimum Gasteiger partial charge on any atom is -0.402 e. The lowest BCUT2D eigenvalue weighted by molar-refractivity contribution is -0.111. The first-order valence-electron chi connectivity index (χ1n) is 5.18. The van der Waals surface area contributed by atoms with Crippen LogP contribution in [0.3, 0.4) is 0 Å². The topological polar surface area (TPSA) is 66.9 Å². The Bertz CT molecular complexity index is 355. The molecular weight excluding hydrogens is 214 g/mol. The number of carbonyl (C=O) groups is 1. The van der Waals surface area contributed by atoms with Crippen LogP contribution in [0.2, 0.25) is 0 Å². The van der Waals surface area contributed by atoms with Gasteiger partial charge in [-0.3, -0.25) is 10.2 Å². The smallest absolute Gasteiger partial charge is 0.248 e. The highest BCUT2D eigenvalue weighted by Gasteiger charge is 2.37. The summed E-state index contributed by atoms with van der Waals surface area (Å²) in [7, 11) is 0. The summed E-state index contributed by atoms with van der Waals surface area (Å²) in [5, 5.41) is 7.53. The summed E-state index contributed by atoms with van der Waals surface area (Å²) in [6.45, 7) is 2.12. The molecule has 0 unspecified atom stereocenters. The van der Waals surface area contributed by atoms with Crippen molar-refractivity contribution in [3.8, 4) is 0 Å². The van der Waals surface area contributed by atoms with Crippen molar-refractivity contribution in [1.82, 2.24) is 0 Å². The number of carbonyl (C=O) groups excluding carboxylic acids is 1. The van der Waals surface area contributed by atoms with Gasteiger partial charge >= 0.3 is 0 Å². The van der Waals surface area contributed by atoms with Gasteiger partial charge in [0.2, 0.25) is 5.92 Å². The third kappa shape index (κ3) is 2.65. The molecule has 0 fully saturated rings. The Balaban J connectivity index is 2.92. The summed E-state index contributed by atoms with van der Waals surface area (Å²) in [5.41, 5.74) is 6.13. The molecule has 3 nitrogen and oxygen atoms in total. The van der Waals surface area contributed by atoms with Crippen molar-refractivity contribution < 1.29 is 13.6 Å². The maximum Gasteiger partial charge on any atom is 0.248 e. The maximum atomic E-state index is 13.2. The van der Waals surface area contributed by atoms with E-state index in [1.165, 1.54) is 6.92 Å². The molecule has 90 valence electrons. The van der Waals surface area contributed by atoms with Crippen LogP contribution in [0.15, 0.2) is 11.3 Å². The van der Waals surface area contributed by atoms with Gasteiger partial charge in [-0.15, -0.1) is 0 Å². The molecule has 5 heteroatoms. The largest absolute Gasteiger partial charge is 0.402 e. The molecule has 0 spiro atoms. The number of nitrogens with two attached hydrogens (primary N) is 1. The van der Waals surface area contributed by atoms with Gasteiger partial charge in [-0.1, -0.05) is 0 Å². The second kappa shape index (κ2) is 4.31. The zero-order valence-electron chi connectivity index (χ0n) is 9.44. The average molecular weight is 230 g/mol. The van der Waals surface area contributed by atoms with Crippen LogP contribution in [0.25, 0.3) is 0 Å². The molecule has 0 heterocycles. The van der Waals surface area contributed by atoms with E-state index in [0.717, 1.165) is 6.92 Å². The number of alkyl halides is 2. The zero-order valence-corrected chi connectivity index (χ0v) is 9.44. The highest BCUT2D eigenvalue weighted by Crippen LogP contribution is 2.37. The summed E-state index contributed by atoms with van der Waals surface area (Å²) in [6, 6.07) is 0. The number of allylic oxidation sites excluding steroid dienone is 2. The summed E-state index contributed by atoms with van der Waals surface area (Å²) < 4.78 is 26.3. The van der Waals surface area contributed by atoms with E-state index in [0.29, 0.717) is 24.1 Å². The number of ketones is 1. The Hall–Kier alpha value is -1.26. The number of halogens is 2. The lowest BCUT2D eigenvalue weighted by Gasteiger charge is -2.29. The van der Waals surface area contributed by atoms with Gasteiger partial charge in [-0.25, -0.2) is 8.78 Å². The third-order valence-electron chi connectivity index (χ3n) is 2.97. The van der Waals surface area contributed by atoms with Crippen molar-refractivity contribution in [2.24, 2.45) is 11.7 Å². The molecule has 1 aliphatic carbocycles. The SMILES string of the molecule is CC(=O)C(=N)C1=C(N)CC[C@@H](C(C)(F)F)C1. The molecule has 0 aliphatic heterocycles. The first-order valence-corrected chi connectivity index (χ1v) is 5.18. The minimum atomic E-state index is -2.79. The third-order valence-corrected chi connectivity index (χ3v) is 2.97. The summed E-state index contributed by atoms with van der Waals surface area (Å²) in [5.74, 6) is -4.05. The normalized spacial score (nSPS) is 22.1. The number of Topliss-reactive ketones (excluding diaryl/α,β-unsaturated/α-hetero) is 1. The molecule has 16 heavy (non-hydrogen) atoms. The zero-order chi connectivity index (χ0) is 12.5. The molecule has 0 radical (unpaired) electrons. The van der Waals surface area contributed by atoms with Crippen LogP contribution < -0.4 is 5.73 Å². The van der Waals surface area contributed by atoms with Crippen LogP contribution >= 0.6 is 0 Å². The van der Waals surface area contributed by atoms with E-state index >= 15 is 0 Å². The molecule has 0 aromatic heterocycles. The molecule has 0 bridgehead atoms. The predicted octanol–water partition coefficient (Wildman–Crippen LogP) is 2.26. The van der Waals surface area contributed by atoms with Crippen LogP contribution in [0.4, 0.5) is 8.78 Å². The van der Waals surface area contributed by atoms with Crippen molar-refractivity contribution in [3.63, 3.8) is 0 Å². The van der Waals surface area contributed by atoms with E-state index in [1.807, 2.05) is 0 Å². The van der Waals surface area contributed by atoms with Crippen LogP contribution in [-0.4, -0.2) is 17.4 Å². The van der Waals surface area contributed by atoms with Gasteiger partial charge in [-0.05, 0) is 31.8 Å². The Labute approximate surface area is 93.2 Å². The average Bonchev–Trinajstić information content (AvgIpc) is 2.15. The van der Waals surface area contributed by atoms with Gasteiger partial charge in [-0.2, -0.15) is 0 Å². The number of hydrogen-bond donors (Lipinski definition) is 2. The second-order valence-electron chi connectivity index (χ2n) is 4.33. The van der Waals surface area contributed by atoms with E-state index < -0.39 is 17.6 Å². The lowest BCUT2D eigenvalue weighted by Crippen LogP contribution is -2.31. The van der Waals surface area contributed by atoms with E-state index in [2.05, 4.69) is 0 Å². The number of hydrogen-bond acceptors (Lipinski definition) is 3.